The summed E-state index contributed by atoms with van der Waals surface area (Å²) in [6, 6.07) is 35.2. The van der Waals surface area contributed by atoms with E-state index in [2.05, 4.69) is 78.9 Å². The van der Waals surface area contributed by atoms with Crippen molar-refractivity contribution in [2.45, 2.75) is 127 Å². The zero-order valence-corrected chi connectivity index (χ0v) is 35.1. The Hall–Kier alpha value is -5.43. The van der Waals surface area contributed by atoms with Gasteiger partial charge in [0.2, 0.25) is 0 Å². The summed E-state index contributed by atoms with van der Waals surface area (Å²) in [5.41, 5.74) is 6.91. The molecule has 0 radical (unpaired) electrons. The fourth-order valence-electron chi connectivity index (χ4n) is 10.9. The summed E-state index contributed by atoms with van der Waals surface area (Å²) in [6.07, 6.45) is 7.97. The Balaban J connectivity index is 1.12. The van der Waals surface area contributed by atoms with Gasteiger partial charge in [-0.1, -0.05) is 104 Å². The topological polar surface area (TPSA) is 92.0 Å². The van der Waals surface area contributed by atoms with Crippen LogP contribution in [0.4, 0.5) is 0 Å². The standard InChI is InChI=1S/C53H56O7/c1-33(2)43-25-19-34-17-20-37(21-18-34)44-26-22-40(39-14-10-13-36(30-39)29-35-11-6-4-7-12-35)31-41(44)32-47(55)58-50-48-45(27-23-38-24-28-46(54)57-49(38)48)60-53(3,51(50)59-52(43)56)42-15-8-5-9-16-42/h4,6-7,10-14,17-18,20-21,23-24,27-28,30,40-42,44,50-51H,5,8-9,15-16,19,22,25-26,29,31-32H2,1-3H3/t40-,41+,44-,50+,51-,53-/m0/s1. The predicted molar refractivity (Wildman–Crippen MR) is 233 cm³/mol. The summed E-state index contributed by atoms with van der Waals surface area (Å²) >= 11 is 0. The number of hydrogen-bond donors (Lipinski definition) is 0. The van der Waals surface area contributed by atoms with E-state index in [-0.39, 0.29) is 41.6 Å². The quantitative estimate of drug-likeness (QED) is 0.101. The molecule has 6 atom stereocenters. The summed E-state index contributed by atoms with van der Waals surface area (Å²) in [6.45, 7) is 5.91. The molecule has 4 aromatic carbocycles. The Morgan fingerprint density at radius 3 is 2.28 bits per heavy atom. The van der Waals surface area contributed by atoms with Gasteiger partial charge in [-0.2, -0.15) is 0 Å². The lowest BCUT2D eigenvalue weighted by Crippen LogP contribution is -2.58. The lowest BCUT2D eigenvalue weighted by atomic mass is 9.68. The van der Waals surface area contributed by atoms with Gasteiger partial charge in [-0.15, -0.1) is 0 Å². The Morgan fingerprint density at radius 2 is 1.50 bits per heavy atom. The normalized spacial score (nSPS) is 26.2. The molecule has 0 saturated heterocycles. The molecule has 7 heteroatoms. The molecule has 310 valence electrons. The average Bonchev–Trinajstić information content (AvgIpc) is 3.25. The molecule has 0 spiro atoms. The Morgan fingerprint density at radius 1 is 0.733 bits per heavy atom. The predicted octanol–water partition coefficient (Wildman–Crippen LogP) is 11.7. The molecule has 1 aromatic heterocycles. The highest BCUT2D eigenvalue weighted by Gasteiger charge is 2.56. The molecule has 0 unspecified atom stereocenters. The number of carbonyl (C=O) groups is 2. The number of esters is 2. The van der Waals surface area contributed by atoms with Gasteiger partial charge in [-0.25, -0.2) is 9.59 Å². The van der Waals surface area contributed by atoms with Crippen molar-refractivity contribution in [3.05, 3.63) is 158 Å². The number of ether oxygens (including phenoxy) is 3. The van der Waals surface area contributed by atoms with Gasteiger partial charge in [0.05, 0.1) is 5.56 Å². The highest BCUT2D eigenvalue weighted by Crippen LogP contribution is 2.52. The van der Waals surface area contributed by atoms with Crippen LogP contribution in [0.2, 0.25) is 0 Å². The highest BCUT2D eigenvalue weighted by molar-refractivity contribution is 5.90. The minimum Gasteiger partial charge on any atom is -0.483 e. The van der Waals surface area contributed by atoms with Gasteiger partial charge in [0, 0.05) is 29.4 Å². The molecule has 2 saturated carbocycles. The summed E-state index contributed by atoms with van der Waals surface area (Å²) in [5, 5.41) is 0.671. The Bertz CT molecular complexity index is 2450. The lowest BCUT2D eigenvalue weighted by Gasteiger charge is -2.50. The van der Waals surface area contributed by atoms with E-state index < -0.39 is 29.4 Å². The molecule has 2 fully saturated rings. The second-order valence-electron chi connectivity index (χ2n) is 18.2. The van der Waals surface area contributed by atoms with Gasteiger partial charge in [0.1, 0.15) is 16.9 Å². The van der Waals surface area contributed by atoms with Crippen molar-refractivity contribution in [2.75, 3.05) is 0 Å². The van der Waals surface area contributed by atoms with Crippen molar-refractivity contribution in [1.82, 2.24) is 0 Å². The first-order valence-electron chi connectivity index (χ1n) is 22.2. The Kier molecular flexibility index (Phi) is 11.3. The third-order valence-corrected chi connectivity index (χ3v) is 14.2. The fraction of sp³-hybridized carbons (Fsp3) is 0.415. The number of benzene rings is 4. The largest absolute Gasteiger partial charge is 0.483 e. The molecule has 5 aromatic rings. The fourth-order valence-corrected chi connectivity index (χ4v) is 10.9. The van der Waals surface area contributed by atoms with E-state index in [0.29, 0.717) is 35.1 Å². The third kappa shape index (κ3) is 8.08. The average molecular weight is 805 g/mol. The molecule has 7 nitrogen and oxygen atoms in total. The number of carbonyl (C=O) groups excluding carboxylic acids is 2. The van der Waals surface area contributed by atoms with Crippen LogP contribution in [0, 0.1) is 11.8 Å². The first kappa shape index (κ1) is 40.0. The van der Waals surface area contributed by atoms with Gasteiger partial charge >= 0.3 is 17.6 Å². The van der Waals surface area contributed by atoms with E-state index >= 15 is 0 Å². The number of hydrogen-bond acceptors (Lipinski definition) is 7. The lowest BCUT2D eigenvalue weighted by molar-refractivity contribution is -0.201. The van der Waals surface area contributed by atoms with E-state index in [0.717, 1.165) is 68.9 Å². The van der Waals surface area contributed by atoms with Crippen LogP contribution in [0.25, 0.3) is 11.0 Å². The zero-order valence-electron chi connectivity index (χ0n) is 35.1. The Labute approximate surface area is 353 Å². The third-order valence-electron chi connectivity index (χ3n) is 14.2. The summed E-state index contributed by atoms with van der Waals surface area (Å²) in [5.74, 6) is 0.167. The molecule has 5 aliphatic rings. The van der Waals surface area contributed by atoms with Crippen LogP contribution in [-0.2, 0) is 31.9 Å². The van der Waals surface area contributed by atoms with Crippen molar-refractivity contribution in [3.8, 4) is 5.75 Å². The van der Waals surface area contributed by atoms with Gasteiger partial charge in [0.25, 0.3) is 0 Å². The SMILES string of the molecule is CC(C)=C1CCc2ccc(cc2)[C@@H]2CC[C@H](c3cccc(Cc4ccccc4)c3)C[C@@H]2CC(=O)O[C@@H]2c3c(ccc4ccc(=O)oc34)O[C@@](C)(C3CCCCC3)[C@H]2OC1=O. The molecule has 0 N–H and O–H groups in total. The molecular weight excluding hydrogens is 749 g/mol. The monoisotopic (exact) mass is 804 g/mol. The number of fused-ring (bicyclic) bond motifs is 11. The number of allylic oxidation sites excluding steroid dienone is 1. The smallest absolute Gasteiger partial charge is 0.336 e. The van der Waals surface area contributed by atoms with Crippen molar-refractivity contribution >= 4 is 22.9 Å². The molecule has 0 amide bonds. The molecule has 4 heterocycles. The maximum atomic E-state index is 14.9. The van der Waals surface area contributed by atoms with Gasteiger partial charge in [-0.3, -0.25) is 4.79 Å². The van der Waals surface area contributed by atoms with Crippen LogP contribution >= 0.6 is 0 Å². The van der Waals surface area contributed by atoms with Crippen LogP contribution in [-0.4, -0.2) is 23.6 Å². The van der Waals surface area contributed by atoms with E-state index in [9.17, 15) is 14.4 Å². The molecule has 2 bridgehead atoms. The maximum Gasteiger partial charge on any atom is 0.336 e. The van der Waals surface area contributed by atoms with E-state index in [4.69, 9.17) is 18.6 Å². The minimum absolute atomic E-state index is 0.000510. The molecule has 2 aliphatic carbocycles. The summed E-state index contributed by atoms with van der Waals surface area (Å²) < 4.78 is 26.5. The number of aryl methyl sites for hydroxylation is 1. The van der Waals surface area contributed by atoms with E-state index in [1.165, 1.54) is 28.3 Å². The van der Waals surface area contributed by atoms with E-state index in [1.54, 1.807) is 6.07 Å². The van der Waals surface area contributed by atoms with Gasteiger partial charge < -0.3 is 18.6 Å². The van der Waals surface area contributed by atoms with Crippen molar-refractivity contribution in [2.24, 2.45) is 11.8 Å². The zero-order chi connectivity index (χ0) is 41.4. The summed E-state index contributed by atoms with van der Waals surface area (Å²) in [7, 11) is 0. The summed E-state index contributed by atoms with van der Waals surface area (Å²) in [4.78, 5) is 42.3. The first-order chi connectivity index (χ1) is 29.1. The molecule has 60 heavy (non-hydrogen) atoms. The molecular formula is C53H56O7. The maximum absolute atomic E-state index is 14.9. The van der Waals surface area contributed by atoms with Crippen LogP contribution in [0.3, 0.4) is 0 Å². The molecule has 10 rings (SSSR count). The van der Waals surface area contributed by atoms with Crippen molar-refractivity contribution < 1.29 is 28.2 Å². The van der Waals surface area contributed by atoms with Gasteiger partial charge in [0.15, 0.2) is 12.2 Å². The van der Waals surface area contributed by atoms with Gasteiger partial charge in [-0.05, 0) is 136 Å². The van der Waals surface area contributed by atoms with E-state index in [1.807, 2.05) is 32.9 Å². The van der Waals surface area contributed by atoms with Crippen molar-refractivity contribution in [3.63, 3.8) is 0 Å². The second-order valence-corrected chi connectivity index (χ2v) is 18.2. The van der Waals surface area contributed by atoms with Crippen molar-refractivity contribution in [1.29, 1.82) is 0 Å². The van der Waals surface area contributed by atoms with Crippen LogP contribution in [0.5, 0.6) is 5.75 Å². The number of rotatable bonds is 4. The first-order valence-corrected chi connectivity index (χ1v) is 22.2. The van der Waals surface area contributed by atoms with Crippen LogP contribution < -0.4 is 10.4 Å². The second kappa shape index (κ2) is 16.9. The molecule has 3 aliphatic heterocycles. The van der Waals surface area contributed by atoms with Crippen LogP contribution in [0.1, 0.15) is 136 Å². The minimum atomic E-state index is -1.07. The van der Waals surface area contributed by atoms with Crippen LogP contribution in [0.15, 0.2) is 123 Å². The highest BCUT2D eigenvalue weighted by atomic mass is 16.6.